The van der Waals surface area contributed by atoms with Gasteiger partial charge in [-0.25, -0.2) is 0 Å². The average molecular weight is 554 g/mol. The van der Waals surface area contributed by atoms with E-state index in [2.05, 4.69) is 52.3 Å². The lowest BCUT2D eigenvalue weighted by Crippen LogP contribution is -2.33. The van der Waals surface area contributed by atoms with Gasteiger partial charge in [-0.3, -0.25) is 0 Å². The summed E-state index contributed by atoms with van der Waals surface area (Å²) in [6.07, 6.45) is -0.314. The third kappa shape index (κ3) is 4.35. The Morgan fingerprint density at radius 2 is 0.763 bits per heavy atom. The maximum Gasteiger partial charge on any atom is 0.138 e. The van der Waals surface area contributed by atoms with Crippen LogP contribution in [0.15, 0.2) is 133 Å². The summed E-state index contributed by atoms with van der Waals surface area (Å²) >= 11 is 20.8. The number of para-hydroxylation sites is 2. The Morgan fingerprint density at radius 1 is 0.395 bits per heavy atom. The highest BCUT2D eigenvalue weighted by atomic mass is 35.5. The molecule has 0 spiro atoms. The molecule has 1 aliphatic heterocycles. The molecule has 1 heterocycles. The van der Waals surface area contributed by atoms with Gasteiger partial charge in [0, 0.05) is 43.1 Å². The van der Waals surface area contributed by atoms with Crippen molar-refractivity contribution in [1.82, 2.24) is 0 Å². The van der Waals surface area contributed by atoms with Crippen molar-refractivity contribution in [3.8, 4) is 0 Å². The van der Waals surface area contributed by atoms with Crippen LogP contribution in [0.2, 0.25) is 15.1 Å². The number of rotatable bonds is 5. The van der Waals surface area contributed by atoms with Gasteiger partial charge in [-0.2, -0.15) is 0 Å². The number of hydrogen-bond acceptors (Lipinski definition) is 2. The fourth-order valence-electron chi connectivity index (χ4n) is 5.09. The highest BCUT2D eigenvalue weighted by molar-refractivity contribution is 6.35. The number of benzene rings is 5. The van der Waals surface area contributed by atoms with Crippen LogP contribution in [-0.2, 0) is 0 Å². The van der Waals surface area contributed by atoms with Gasteiger partial charge in [-0.15, -0.1) is 0 Å². The molecule has 0 saturated carbocycles. The lowest BCUT2D eigenvalue weighted by Gasteiger charge is -2.36. The molecule has 5 aromatic carbocycles. The van der Waals surface area contributed by atoms with Crippen LogP contribution in [0.4, 0.5) is 11.4 Å². The Balaban J connectivity index is 1.77. The van der Waals surface area contributed by atoms with Gasteiger partial charge in [0.05, 0.1) is 11.4 Å². The summed E-state index contributed by atoms with van der Waals surface area (Å²) in [6, 6.07) is 44.5. The SMILES string of the molecule is Clc1ccccc1C1=C(c2ccccc2Cl)N(c2ccccc2)C(c2ccccc2Cl)N1c1ccccc1. The van der Waals surface area contributed by atoms with E-state index >= 15 is 0 Å². The molecule has 6 rings (SSSR count). The zero-order valence-corrected chi connectivity index (χ0v) is 22.6. The van der Waals surface area contributed by atoms with Gasteiger partial charge in [0.15, 0.2) is 0 Å². The second kappa shape index (κ2) is 10.6. The van der Waals surface area contributed by atoms with Crippen molar-refractivity contribution in [2.75, 3.05) is 9.80 Å². The molecule has 5 aromatic rings. The van der Waals surface area contributed by atoms with Gasteiger partial charge < -0.3 is 9.80 Å². The minimum atomic E-state index is -0.314. The molecule has 186 valence electrons. The molecule has 2 nitrogen and oxygen atoms in total. The van der Waals surface area contributed by atoms with Crippen molar-refractivity contribution >= 4 is 57.6 Å². The van der Waals surface area contributed by atoms with Gasteiger partial charge in [-0.05, 0) is 42.5 Å². The summed E-state index contributed by atoms with van der Waals surface area (Å²) in [4.78, 5) is 4.63. The van der Waals surface area contributed by atoms with Crippen LogP contribution in [0.25, 0.3) is 11.4 Å². The number of anilines is 2. The van der Waals surface area contributed by atoms with E-state index in [1.54, 1.807) is 0 Å². The Morgan fingerprint density at radius 3 is 1.18 bits per heavy atom. The van der Waals surface area contributed by atoms with E-state index in [1.165, 1.54) is 0 Å². The van der Waals surface area contributed by atoms with Gasteiger partial charge in [-0.1, -0.05) is 126 Å². The molecule has 0 unspecified atom stereocenters. The zero-order valence-electron chi connectivity index (χ0n) is 20.3. The number of hydrogen-bond donors (Lipinski definition) is 0. The van der Waals surface area contributed by atoms with E-state index in [-0.39, 0.29) is 6.17 Å². The van der Waals surface area contributed by atoms with Crippen molar-refractivity contribution in [2.45, 2.75) is 6.17 Å². The molecular formula is C33H23Cl3N2. The molecule has 0 amide bonds. The number of halogens is 3. The molecule has 5 heteroatoms. The van der Waals surface area contributed by atoms with Gasteiger partial charge in [0.25, 0.3) is 0 Å². The van der Waals surface area contributed by atoms with E-state index in [0.29, 0.717) is 15.1 Å². The molecule has 0 aromatic heterocycles. The summed E-state index contributed by atoms with van der Waals surface area (Å²) in [7, 11) is 0. The molecule has 0 saturated heterocycles. The second-order valence-electron chi connectivity index (χ2n) is 8.96. The van der Waals surface area contributed by atoms with Crippen molar-refractivity contribution < 1.29 is 0 Å². The standard InChI is InChI=1S/C33H23Cl3N2/c34-28-20-10-7-17-25(28)31-32(26-18-8-11-21-29(26)35)38(24-15-5-2-6-16-24)33(27-19-9-12-22-30(27)36)37(31)23-13-3-1-4-14-23/h1-22,33H. The Kier molecular flexibility index (Phi) is 6.86. The van der Waals surface area contributed by atoms with Gasteiger partial charge in [0.1, 0.15) is 6.17 Å². The summed E-state index contributed by atoms with van der Waals surface area (Å²) in [6.45, 7) is 0. The summed E-state index contributed by atoms with van der Waals surface area (Å²) in [5, 5.41) is 1.99. The monoisotopic (exact) mass is 552 g/mol. The largest absolute Gasteiger partial charge is 0.313 e. The molecule has 0 bridgehead atoms. The summed E-state index contributed by atoms with van der Waals surface area (Å²) < 4.78 is 0. The van der Waals surface area contributed by atoms with Crippen LogP contribution in [0, 0.1) is 0 Å². The molecule has 0 atom stereocenters. The van der Waals surface area contributed by atoms with Crippen LogP contribution in [0.1, 0.15) is 22.9 Å². The summed E-state index contributed by atoms with van der Waals surface area (Å²) in [5.74, 6) is 0. The van der Waals surface area contributed by atoms with Crippen molar-refractivity contribution in [3.63, 3.8) is 0 Å². The predicted octanol–water partition coefficient (Wildman–Crippen LogP) is 10.2. The topological polar surface area (TPSA) is 6.48 Å². The van der Waals surface area contributed by atoms with Crippen LogP contribution >= 0.6 is 34.8 Å². The van der Waals surface area contributed by atoms with E-state index < -0.39 is 0 Å². The van der Waals surface area contributed by atoms with Crippen molar-refractivity contribution in [3.05, 3.63) is 165 Å². The van der Waals surface area contributed by atoms with Gasteiger partial charge in [0.2, 0.25) is 0 Å². The first-order valence-electron chi connectivity index (χ1n) is 12.3. The molecule has 0 fully saturated rings. The third-order valence-electron chi connectivity index (χ3n) is 6.71. The predicted molar refractivity (Wildman–Crippen MR) is 162 cm³/mol. The van der Waals surface area contributed by atoms with E-state index in [1.807, 2.05) is 91.0 Å². The second-order valence-corrected chi connectivity index (χ2v) is 10.2. The van der Waals surface area contributed by atoms with Crippen LogP contribution in [0.5, 0.6) is 0 Å². The Labute approximate surface area is 237 Å². The zero-order chi connectivity index (χ0) is 26.1. The first kappa shape index (κ1) is 24.6. The first-order chi connectivity index (χ1) is 18.6. The van der Waals surface area contributed by atoms with Crippen molar-refractivity contribution in [1.29, 1.82) is 0 Å². The quantitative estimate of drug-likeness (QED) is 0.214. The lowest BCUT2D eigenvalue weighted by atomic mass is 10.0. The van der Waals surface area contributed by atoms with Gasteiger partial charge >= 0.3 is 0 Å². The van der Waals surface area contributed by atoms with Crippen LogP contribution in [0.3, 0.4) is 0 Å². The molecule has 0 N–H and O–H groups in total. The highest BCUT2D eigenvalue weighted by Gasteiger charge is 2.43. The minimum absolute atomic E-state index is 0.314. The Bertz CT molecular complexity index is 1520. The molecule has 0 aliphatic carbocycles. The minimum Gasteiger partial charge on any atom is -0.313 e. The van der Waals surface area contributed by atoms with E-state index in [4.69, 9.17) is 34.8 Å². The smallest absolute Gasteiger partial charge is 0.138 e. The molecule has 0 radical (unpaired) electrons. The Hall–Kier alpha value is -3.69. The van der Waals surface area contributed by atoms with Crippen LogP contribution < -0.4 is 9.80 Å². The molecule has 38 heavy (non-hydrogen) atoms. The maximum absolute atomic E-state index is 6.94. The summed E-state index contributed by atoms with van der Waals surface area (Å²) in [5.41, 5.74) is 6.69. The first-order valence-corrected chi connectivity index (χ1v) is 13.5. The van der Waals surface area contributed by atoms with Crippen LogP contribution in [-0.4, -0.2) is 0 Å². The highest BCUT2D eigenvalue weighted by Crippen LogP contribution is 2.54. The van der Waals surface area contributed by atoms with E-state index in [0.717, 1.165) is 39.5 Å². The lowest BCUT2D eigenvalue weighted by molar-refractivity contribution is 0.745. The average Bonchev–Trinajstić information content (AvgIpc) is 3.30. The maximum atomic E-state index is 6.94. The van der Waals surface area contributed by atoms with E-state index in [9.17, 15) is 0 Å². The molecular weight excluding hydrogens is 531 g/mol. The molecule has 1 aliphatic rings. The number of nitrogens with zero attached hydrogens (tertiary/aromatic N) is 2. The fraction of sp³-hybridized carbons (Fsp3) is 0.0303. The normalized spacial score (nSPS) is 13.9. The third-order valence-corrected chi connectivity index (χ3v) is 7.71. The van der Waals surface area contributed by atoms with Crippen molar-refractivity contribution in [2.24, 2.45) is 0 Å². The fourth-order valence-corrected chi connectivity index (χ4v) is 5.77.